The number of amides is 2. The number of anilines is 1. The molecular weight excluding hydrogens is 361 g/mol. The molecule has 148 valence electrons. The fraction of sp³-hybridized carbons (Fsp3) is 0.579. The fourth-order valence-electron chi connectivity index (χ4n) is 3.69. The molecule has 0 saturated carbocycles. The molecule has 1 aliphatic heterocycles. The molecule has 8 heteroatoms. The van der Waals surface area contributed by atoms with E-state index in [-0.39, 0.29) is 24.9 Å². The summed E-state index contributed by atoms with van der Waals surface area (Å²) in [6, 6.07) is 5.94. The quantitative estimate of drug-likeness (QED) is 0.860. The minimum atomic E-state index is -4.54. The minimum Gasteiger partial charge on any atom is -0.440 e. The lowest BCUT2D eigenvalue weighted by atomic mass is 9.90. The Labute approximate surface area is 155 Å². The summed E-state index contributed by atoms with van der Waals surface area (Å²) in [4.78, 5) is 25.5. The maximum absolute atomic E-state index is 12.6. The molecule has 1 aromatic carbocycles. The van der Waals surface area contributed by atoms with Crippen molar-refractivity contribution in [1.82, 2.24) is 4.90 Å². The maximum Gasteiger partial charge on any atom is 0.422 e. The third-order valence-corrected chi connectivity index (χ3v) is 5.14. The zero-order valence-electron chi connectivity index (χ0n) is 15.0. The number of fused-ring (bicyclic) bond motifs is 1. The number of likely N-dealkylation sites (tertiary alicyclic amines) is 1. The molecule has 1 N–H and O–H groups in total. The summed E-state index contributed by atoms with van der Waals surface area (Å²) < 4.78 is 40.6. The Morgan fingerprint density at radius 2 is 1.85 bits per heavy atom. The van der Waals surface area contributed by atoms with Gasteiger partial charge in [0.05, 0.1) is 0 Å². The number of halogens is 3. The Morgan fingerprint density at radius 1 is 1.15 bits per heavy atom. The van der Waals surface area contributed by atoms with E-state index < -0.39 is 18.9 Å². The zero-order chi connectivity index (χ0) is 19.4. The number of nitrogens with zero attached hydrogens (tertiary/aromatic N) is 1. The molecule has 2 aliphatic rings. The molecule has 0 aromatic heterocycles. The van der Waals surface area contributed by atoms with Crippen molar-refractivity contribution < 1.29 is 27.5 Å². The second-order valence-corrected chi connectivity index (χ2v) is 7.07. The van der Waals surface area contributed by atoms with E-state index in [0.717, 1.165) is 31.4 Å². The number of hydrogen-bond acceptors (Lipinski definition) is 3. The molecule has 0 radical (unpaired) electrons. The van der Waals surface area contributed by atoms with Crippen LogP contribution < -0.4 is 5.32 Å². The van der Waals surface area contributed by atoms with E-state index >= 15 is 0 Å². The standard InChI is InChI=1S/C19H23F3N2O3/c20-19(21,22)12-27-18(26)24-10-8-14(9-11-24)17(25)23-16-7-3-5-13-4-1-2-6-15(13)16/h3,5,7,14H,1-2,4,6,8-12H2,(H,23,25). The van der Waals surface area contributed by atoms with Gasteiger partial charge in [0, 0.05) is 24.7 Å². The first-order valence-corrected chi connectivity index (χ1v) is 9.23. The van der Waals surface area contributed by atoms with Crippen molar-refractivity contribution in [1.29, 1.82) is 0 Å². The third-order valence-electron chi connectivity index (χ3n) is 5.14. The smallest absolute Gasteiger partial charge is 0.422 e. The average Bonchev–Trinajstić information content (AvgIpc) is 2.66. The molecular formula is C19H23F3N2O3. The van der Waals surface area contributed by atoms with Gasteiger partial charge in [-0.2, -0.15) is 13.2 Å². The lowest BCUT2D eigenvalue weighted by Crippen LogP contribution is -2.42. The van der Waals surface area contributed by atoms with Gasteiger partial charge in [-0.05, 0) is 55.7 Å². The molecule has 0 spiro atoms. The Kier molecular flexibility index (Phi) is 5.92. The van der Waals surface area contributed by atoms with Gasteiger partial charge in [0.25, 0.3) is 0 Å². The molecule has 0 atom stereocenters. The van der Waals surface area contributed by atoms with E-state index in [1.165, 1.54) is 16.0 Å². The van der Waals surface area contributed by atoms with E-state index in [1.54, 1.807) is 0 Å². The summed E-state index contributed by atoms with van der Waals surface area (Å²) in [6.45, 7) is -1.17. The molecule has 2 amide bonds. The number of alkyl halides is 3. The summed E-state index contributed by atoms with van der Waals surface area (Å²) in [5, 5.41) is 3.01. The molecule has 5 nitrogen and oxygen atoms in total. The number of aryl methyl sites for hydroxylation is 1. The van der Waals surface area contributed by atoms with Crippen molar-refractivity contribution in [3.8, 4) is 0 Å². The van der Waals surface area contributed by atoms with Crippen LogP contribution in [0.2, 0.25) is 0 Å². The van der Waals surface area contributed by atoms with Gasteiger partial charge in [-0.3, -0.25) is 4.79 Å². The summed E-state index contributed by atoms with van der Waals surface area (Å²) >= 11 is 0. The Bertz CT molecular complexity index is 698. The van der Waals surface area contributed by atoms with Crippen LogP contribution in [0, 0.1) is 5.92 Å². The highest BCUT2D eigenvalue weighted by Gasteiger charge is 2.33. The number of nitrogens with one attached hydrogen (secondary N) is 1. The Hall–Kier alpha value is -2.25. The molecule has 0 bridgehead atoms. The van der Waals surface area contributed by atoms with E-state index in [2.05, 4.69) is 16.1 Å². The number of rotatable bonds is 3. The zero-order valence-corrected chi connectivity index (χ0v) is 15.0. The highest BCUT2D eigenvalue weighted by molar-refractivity contribution is 5.93. The van der Waals surface area contributed by atoms with Crippen molar-refractivity contribution in [2.24, 2.45) is 5.92 Å². The summed E-state index contributed by atoms with van der Waals surface area (Å²) in [5.41, 5.74) is 3.33. The number of carbonyl (C=O) groups is 2. The maximum atomic E-state index is 12.6. The van der Waals surface area contributed by atoms with Crippen LogP contribution in [0.1, 0.15) is 36.8 Å². The van der Waals surface area contributed by atoms with Crippen molar-refractivity contribution in [2.75, 3.05) is 25.0 Å². The van der Waals surface area contributed by atoms with E-state index in [0.29, 0.717) is 12.8 Å². The number of benzene rings is 1. The van der Waals surface area contributed by atoms with Crippen molar-refractivity contribution in [3.63, 3.8) is 0 Å². The first-order chi connectivity index (χ1) is 12.8. The van der Waals surface area contributed by atoms with Gasteiger partial charge in [0.1, 0.15) is 0 Å². The molecule has 0 unspecified atom stereocenters. The van der Waals surface area contributed by atoms with Crippen molar-refractivity contribution >= 4 is 17.7 Å². The van der Waals surface area contributed by atoms with E-state index in [4.69, 9.17) is 0 Å². The van der Waals surface area contributed by atoms with Crippen LogP contribution in [0.5, 0.6) is 0 Å². The van der Waals surface area contributed by atoms with Gasteiger partial charge in [-0.1, -0.05) is 12.1 Å². The van der Waals surface area contributed by atoms with Crippen LogP contribution in [-0.4, -0.2) is 42.8 Å². The topological polar surface area (TPSA) is 58.6 Å². The molecule has 1 aromatic rings. The lowest BCUT2D eigenvalue weighted by molar-refractivity contribution is -0.162. The van der Waals surface area contributed by atoms with Crippen molar-refractivity contribution in [2.45, 2.75) is 44.7 Å². The fourth-order valence-corrected chi connectivity index (χ4v) is 3.69. The molecule has 1 fully saturated rings. The largest absolute Gasteiger partial charge is 0.440 e. The van der Waals surface area contributed by atoms with Crippen LogP contribution in [0.3, 0.4) is 0 Å². The van der Waals surface area contributed by atoms with Crippen LogP contribution in [0.4, 0.5) is 23.7 Å². The molecule has 1 heterocycles. The number of carbonyl (C=O) groups excluding carboxylic acids is 2. The van der Waals surface area contributed by atoms with Crippen LogP contribution in [0.15, 0.2) is 18.2 Å². The van der Waals surface area contributed by atoms with Gasteiger partial charge in [-0.15, -0.1) is 0 Å². The second-order valence-electron chi connectivity index (χ2n) is 7.07. The Balaban J connectivity index is 1.51. The van der Waals surface area contributed by atoms with Gasteiger partial charge in [0.15, 0.2) is 6.61 Å². The first-order valence-electron chi connectivity index (χ1n) is 9.23. The number of hydrogen-bond donors (Lipinski definition) is 1. The van der Waals surface area contributed by atoms with Crippen LogP contribution in [-0.2, 0) is 22.4 Å². The average molecular weight is 384 g/mol. The monoisotopic (exact) mass is 384 g/mol. The van der Waals surface area contributed by atoms with Gasteiger partial charge >= 0.3 is 12.3 Å². The van der Waals surface area contributed by atoms with Gasteiger partial charge < -0.3 is 15.0 Å². The molecule has 27 heavy (non-hydrogen) atoms. The van der Waals surface area contributed by atoms with Gasteiger partial charge in [-0.25, -0.2) is 4.79 Å². The molecule has 3 rings (SSSR count). The highest BCUT2D eigenvalue weighted by atomic mass is 19.4. The lowest BCUT2D eigenvalue weighted by Gasteiger charge is -2.31. The SMILES string of the molecule is O=C(Nc1cccc2c1CCCC2)C1CCN(C(=O)OCC(F)(F)F)CC1. The van der Waals surface area contributed by atoms with Crippen LogP contribution in [0.25, 0.3) is 0 Å². The Morgan fingerprint density at radius 3 is 2.56 bits per heavy atom. The number of piperidine rings is 1. The molecule has 1 aliphatic carbocycles. The predicted molar refractivity (Wildman–Crippen MR) is 93.4 cm³/mol. The highest BCUT2D eigenvalue weighted by Crippen LogP contribution is 2.29. The summed E-state index contributed by atoms with van der Waals surface area (Å²) in [6.07, 6.45) is -0.464. The van der Waals surface area contributed by atoms with E-state index in [1.807, 2.05) is 12.1 Å². The molecule has 1 saturated heterocycles. The first kappa shape index (κ1) is 19.5. The summed E-state index contributed by atoms with van der Waals surface area (Å²) in [7, 11) is 0. The normalized spacial score (nSPS) is 18.0. The van der Waals surface area contributed by atoms with E-state index in [9.17, 15) is 22.8 Å². The number of ether oxygens (including phenoxy) is 1. The van der Waals surface area contributed by atoms with Crippen molar-refractivity contribution in [3.05, 3.63) is 29.3 Å². The second kappa shape index (κ2) is 8.19. The van der Waals surface area contributed by atoms with Gasteiger partial charge in [0.2, 0.25) is 5.91 Å². The minimum absolute atomic E-state index is 0.0997. The van der Waals surface area contributed by atoms with Crippen LogP contribution >= 0.6 is 0 Å². The predicted octanol–water partition coefficient (Wildman–Crippen LogP) is 3.91. The summed E-state index contributed by atoms with van der Waals surface area (Å²) in [5.74, 6) is -0.367. The third kappa shape index (κ3) is 5.14.